The number of rotatable bonds is 4. The highest BCUT2D eigenvalue weighted by molar-refractivity contribution is 6.32. The lowest BCUT2D eigenvalue weighted by molar-refractivity contribution is 0.141. The molecule has 3 aromatic rings. The van der Waals surface area contributed by atoms with Crippen molar-refractivity contribution in [3.05, 3.63) is 40.8 Å². The van der Waals surface area contributed by atoms with Crippen molar-refractivity contribution in [3.8, 4) is 0 Å². The number of alkyl halides is 2. The molecule has 0 atom stereocenters. The van der Waals surface area contributed by atoms with E-state index in [0.29, 0.717) is 5.92 Å². The number of fused-ring (bicyclic) bond motifs is 1. The first kappa shape index (κ1) is 19.0. The van der Waals surface area contributed by atoms with Gasteiger partial charge in [0, 0.05) is 23.7 Å². The van der Waals surface area contributed by atoms with Crippen LogP contribution in [0.25, 0.3) is 10.9 Å². The van der Waals surface area contributed by atoms with Gasteiger partial charge in [0.2, 0.25) is 5.95 Å². The first-order chi connectivity index (χ1) is 13.4. The van der Waals surface area contributed by atoms with Gasteiger partial charge in [0.1, 0.15) is 5.69 Å². The SMILES string of the molecule is CN1CCC(c2cc3nc(Nc4cnn(C)c4C(F)F)ncc3cc2Cl)CC1. The number of hydrogen-bond donors (Lipinski definition) is 1. The van der Waals surface area contributed by atoms with Crippen molar-refractivity contribution in [2.24, 2.45) is 7.05 Å². The van der Waals surface area contributed by atoms with E-state index in [1.807, 2.05) is 12.1 Å². The summed E-state index contributed by atoms with van der Waals surface area (Å²) in [4.78, 5) is 11.1. The van der Waals surface area contributed by atoms with Gasteiger partial charge in [-0.25, -0.2) is 18.7 Å². The molecule has 0 amide bonds. The Morgan fingerprint density at radius 2 is 1.93 bits per heavy atom. The second-order valence-corrected chi connectivity index (χ2v) is 7.60. The van der Waals surface area contributed by atoms with Crippen LogP contribution in [0, 0.1) is 0 Å². The molecule has 0 radical (unpaired) electrons. The lowest BCUT2D eigenvalue weighted by atomic mass is 9.89. The van der Waals surface area contributed by atoms with Crippen LogP contribution in [0.3, 0.4) is 0 Å². The summed E-state index contributed by atoms with van der Waals surface area (Å²) in [5.74, 6) is 0.641. The maximum absolute atomic E-state index is 13.2. The molecule has 9 heteroatoms. The van der Waals surface area contributed by atoms with Gasteiger partial charge in [-0.05, 0) is 56.6 Å². The summed E-state index contributed by atoms with van der Waals surface area (Å²) in [6.45, 7) is 2.07. The first-order valence-corrected chi connectivity index (χ1v) is 9.52. The van der Waals surface area contributed by atoms with E-state index >= 15 is 0 Å². The Labute approximate surface area is 166 Å². The van der Waals surface area contributed by atoms with Crippen LogP contribution in [0.1, 0.15) is 36.4 Å². The molecule has 148 valence electrons. The largest absolute Gasteiger partial charge is 0.321 e. The number of nitrogens with one attached hydrogen (secondary N) is 1. The van der Waals surface area contributed by atoms with Gasteiger partial charge in [-0.15, -0.1) is 0 Å². The van der Waals surface area contributed by atoms with Crippen LogP contribution in [0.5, 0.6) is 0 Å². The maximum Gasteiger partial charge on any atom is 0.282 e. The van der Waals surface area contributed by atoms with Crippen LogP contribution in [-0.2, 0) is 7.05 Å². The van der Waals surface area contributed by atoms with Gasteiger partial charge in [0.15, 0.2) is 0 Å². The standard InChI is InChI=1S/C19H21ClF2N6/c1-27-5-3-11(4-6-27)13-8-15-12(7-14(13)20)9-23-19(25-15)26-16-10-24-28(2)17(16)18(21)22/h7-11,18H,3-6H2,1-2H3,(H,23,25,26). The Morgan fingerprint density at radius 3 is 2.64 bits per heavy atom. The summed E-state index contributed by atoms with van der Waals surface area (Å²) in [7, 11) is 3.60. The molecular weight excluding hydrogens is 386 g/mol. The maximum atomic E-state index is 13.2. The summed E-state index contributed by atoms with van der Waals surface area (Å²) < 4.78 is 27.6. The van der Waals surface area contributed by atoms with E-state index in [4.69, 9.17) is 11.6 Å². The van der Waals surface area contributed by atoms with Crippen LogP contribution in [0.15, 0.2) is 24.5 Å². The summed E-state index contributed by atoms with van der Waals surface area (Å²) in [5, 5.41) is 8.28. The highest BCUT2D eigenvalue weighted by atomic mass is 35.5. The molecule has 1 saturated heterocycles. The molecule has 1 fully saturated rings. The molecule has 0 unspecified atom stereocenters. The van der Waals surface area contributed by atoms with Gasteiger partial charge in [-0.1, -0.05) is 11.6 Å². The smallest absolute Gasteiger partial charge is 0.282 e. The van der Waals surface area contributed by atoms with E-state index in [0.717, 1.165) is 52.1 Å². The molecule has 1 aliphatic rings. The van der Waals surface area contributed by atoms with Crippen LogP contribution < -0.4 is 5.32 Å². The summed E-state index contributed by atoms with van der Waals surface area (Å²) in [5.41, 5.74) is 1.81. The number of aryl methyl sites for hydroxylation is 1. The van der Waals surface area contributed by atoms with E-state index in [9.17, 15) is 8.78 Å². The molecule has 0 spiro atoms. The van der Waals surface area contributed by atoms with E-state index in [2.05, 4.69) is 32.3 Å². The third-order valence-electron chi connectivity index (χ3n) is 5.29. The van der Waals surface area contributed by atoms with E-state index in [1.54, 1.807) is 6.20 Å². The van der Waals surface area contributed by atoms with Gasteiger partial charge in [-0.2, -0.15) is 5.10 Å². The zero-order chi connectivity index (χ0) is 19.8. The fraction of sp³-hybridized carbons (Fsp3) is 0.421. The Bertz CT molecular complexity index is 997. The monoisotopic (exact) mass is 406 g/mol. The Hall–Kier alpha value is -2.32. The molecular formula is C19H21ClF2N6. The molecule has 0 aliphatic carbocycles. The predicted octanol–water partition coefficient (Wildman–Crippen LogP) is 4.51. The van der Waals surface area contributed by atoms with Crippen molar-refractivity contribution in [1.82, 2.24) is 24.6 Å². The molecule has 0 saturated carbocycles. The molecule has 0 bridgehead atoms. The number of hydrogen-bond acceptors (Lipinski definition) is 5. The fourth-order valence-electron chi connectivity index (χ4n) is 3.68. The first-order valence-electron chi connectivity index (χ1n) is 9.14. The molecule has 4 rings (SSSR count). The van der Waals surface area contributed by atoms with Crippen molar-refractivity contribution in [2.75, 3.05) is 25.5 Å². The Kier molecular flexibility index (Phi) is 5.16. The van der Waals surface area contributed by atoms with Gasteiger partial charge in [0.05, 0.1) is 17.4 Å². The quantitative estimate of drug-likeness (QED) is 0.691. The average Bonchev–Trinajstić information content (AvgIpc) is 3.02. The van der Waals surface area contributed by atoms with Crippen LogP contribution >= 0.6 is 11.6 Å². The van der Waals surface area contributed by atoms with Gasteiger partial charge >= 0.3 is 0 Å². The third kappa shape index (κ3) is 3.66. The molecule has 6 nitrogen and oxygen atoms in total. The number of aromatic nitrogens is 4. The highest BCUT2D eigenvalue weighted by Crippen LogP contribution is 2.35. The average molecular weight is 407 g/mol. The zero-order valence-corrected chi connectivity index (χ0v) is 16.4. The minimum atomic E-state index is -2.65. The zero-order valence-electron chi connectivity index (χ0n) is 15.7. The molecule has 28 heavy (non-hydrogen) atoms. The summed E-state index contributed by atoms with van der Waals surface area (Å²) in [6.07, 6.45) is 2.44. The predicted molar refractivity (Wildman–Crippen MR) is 105 cm³/mol. The van der Waals surface area contributed by atoms with E-state index < -0.39 is 6.43 Å². The van der Waals surface area contributed by atoms with Crippen molar-refractivity contribution in [1.29, 1.82) is 0 Å². The summed E-state index contributed by atoms with van der Waals surface area (Å²) in [6, 6.07) is 3.88. The fourth-order valence-corrected chi connectivity index (χ4v) is 4.01. The minimum absolute atomic E-state index is 0.196. The number of anilines is 2. The number of piperidine rings is 1. The molecule has 1 aromatic carbocycles. The van der Waals surface area contributed by atoms with Gasteiger partial charge < -0.3 is 10.2 Å². The van der Waals surface area contributed by atoms with Crippen molar-refractivity contribution in [3.63, 3.8) is 0 Å². The van der Waals surface area contributed by atoms with E-state index in [-0.39, 0.29) is 17.3 Å². The molecule has 3 heterocycles. The Morgan fingerprint density at radius 1 is 1.18 bits per heavy atom. The minimum Gasteiger partial charge on any atom is -0.321 e. The molecule has 1 N–H and O–H groups in total. The second kappa shape index (κ2) is 7.60. The van der Waals surface area contributed by atoms with Crippen LogP contribution in [0.2, 0.25) is 5.02 Å². The second-order valence-electron chi connectivity index (χ2n) is 7.20. The van der Waals surface area contributed by atoms with Crippen LogP contribution in [-0.4, -0.2) is 44.8 Å². The number of likely N-dealkylation sites (tertiary alicyclic amines) is 1. The van der Waals surface area contributed by atoms with Crippen molar-refractivity contribution < 1.29 is 8.78 Å². The number of halogens is 3. The third-order valence-corrected chi connectivity index (χ3v) is 5.62. The Balaban J connectivity index is 1.66. The lowest BCUT2D eigenvalue weighted by Gasteiger charge is -2.29. The molecule has 2 aromatic heterocycles. The number of benzene rings is 1. The van der Waals surface area contributed by atoms with E-state index in [1.165, 1.54) is 13.2 Å². The molecule has 1 aliphatic heterocycles. The van der Waals surface area contributed by atoms with Crippen LogP contribution in [0.4, 0.5) is 20.4 Å². The van der Waals surface area contributed by atoms with Gasteiger partial charge in [0.25, 0.3) is 6.43 Å². The normalized spacial score (nSPS) is 16.2. The van der Waals surface area contributed by atoms with Crippen molar-refractivity contribution >= 4 is 34.1 Å². The van der Waals surface area contributed by atoms with Gasteiger partial charge in [-0.3, -0.25) is 4.68 Å². The summed E-state index contributed by atoms with van der Waals surface area (Å²) >= 11 is 6.52. The topological polar surface area (TPSA) is 58.9 Å². The lowest BCUT2D eigenvalue weighted by Crippen LogP contribution is -2.29. The number of nitrogens with zero attached hydrogens (tertiary/aromatic N) is 5. The van der Waals surface area contributed by atoms with Crippen molar-refractivity contribution in [2.45, 2.75) is 25.2 Å². The highest BCUT2D eigenvalue weighted by Gasteiger charge is 2.22.